The molecule has 0 amide bonds. The highest BCUT2D eigenvalue weighted by Crippen LogP contribution is 2.30. The predicted octanol–water partition coefficient (Wildman–Crippen LogP) is 6.28. The molecule has 1 fully saturated rings. The van der Waals surface area contributed by atoms with Crippen molar-refractivity contribution in [2.45, 2.75) is 66.0 Å². The predicted molar refractivity (Wildman–Crippen MR) is 155 cm³/mol. The van der Waals surface area contributed by atoms with Crippen LogP contribution >= 0.6 is 0 Å². The molecule has 0 spiro atoms. The molecule has 0 atom stereocenters. The first kappa shape index (κ1) is 28.5. The minimum atomic E-state index is 0. The fourth-order valence-corrected chi connectivity index (χ4v) is 5.00. The van der Waals surface area contributed by atoms with E-state index in [1.807, 2.05) is 52.2 Å². The molecule has 0 radical (unpaired) electrons. The van der Waals surface area contributed by atoms with Gasteiger partial charge in [-0.2, -0.15) is 4.98 Å². The number of fused-ring (bicyclic) bond motifs is 1. The zero-order valence-electron chi connectivity index (χ0n) is 22.2. The second kappa shape index (κ2) is 14.0. The van der Waals surface area contributed by atoms with Gasteiger partial charge in [0.25, 0.3) is 0 Å². The topological polar surface area (TPSA) is 71.5 Å². The molecule has 202 valence electrons. The van der Waals surface area contributed by atoms with Crippen molar-refractivity contribution in [3.05, 3.63) is 48.0 Å². The first-order chi connectivity index (χ1) is 17.6. The Bertz CT molecular complexity index is 1110. The van der Waals surface area contributed by atoms with E-state index in [1.54, 1.807) is 0 Å². The molecule has 7 heteroatoms. The Morgan fingerprint density at radius 1 is 0.946 bits per heavy atom. The minimum Gasteiger partial charge on any atom is -0.494 e. The summed E-state index contributed by atoms with van der Waals surface area (Å²) in [5.41, 5.74) is 2.17. The lowest BCUT2D eigenvalue weighted by Crippen LogP contribution is -2.28. The average molecular weight is 508 g/mol. The van der Waals surface area contributed by atoms with E-state index in [0.717, 1.165) is 66.0 Å². The van der Waals surface area contributed by atoms with Crippen molar-refractivity contribution in [2.75, 3.05) is 44.1 Å². The zero-order valence-corrected chi connectivity index (χ0v) is 22.2. The van der Waals surface area contributed by atoms with E-state index in [1.165, 1.54) is 24.8 Å². The molecule has 1 aliphatic rings. The van der Waals surface area contributed by atoms with Crippen LogP contribution in [0.4, 0.5) is 11.8 Å². The molecule has 0 unspecified atom stereocenters. The van der Waals surface area contributed by atoms with Gasteiger partial charge >= 0.3 is 0 Å². The lowest BCUT2D eigenvalue weighted by molar-refractivity contribution is 0.313. The van der Waals surface area contributed by atoms with Crippen LogP contribution in [0.5, 0.6) is 11.5 Å². The van der Waals surface area contributed by atoms with Gasteiger partial charge in [0.15, 0.2) is 0 Å². The van der Waals surface area contributed by atoms with E-state index in [9.17, 15) is 0 Å². The Hall–Kier alpha value is -3.06. The lowest BCUT2D eigenvalue weighted by Gasteiger charge is -2.29. The number of para-hydroxylation sites is 1. The normalized spacial score (nSPS) is 17.2. The van der Waals surface area contributed by atoms with Crippen LogP contribution in [0.2, 0.25) is 0 Å². The summed E-state index contributed by atoms with van der Waals surface area (Å²) in [6, 6.07) is 14.8. The highest BCUT2D eigenvalue weighted by Gasteiger charge is 2.22. The van der Waals surface area contributed by atoms with Crippen molar-refractivity contribution in [1.82, 2.24) is 15.3 Å². The Balaban J connectivity index is 0.00000380. The fraction of sp³-hybridized carbons (Fsp3) is 0.533. The van der Waals surface area contributed by atoms with Crippen molar-refractivity contribution in [1.29, 1.82) is 0 Å². The van der Waals surface area contributed by atoms with Gasteiger partial charge in [0.1, 0.15) is 17.3 Å². The van der Waals surface area contributed by atoms with Crippen molar-refractivity contribution in [3.8, 4) is 11.5 Å². The molecular weight excluding hydrogens is 462 g/mol. The van der Waals surface area contributed by atoms with Crippen LogP contribution in [-0.2, 0) is 6.54 Å². The summed E-state index contributed by atoms with van der Waals surface area (Å²) in [7, 11) is 4.07. The Labute approximate surface area is 223 Å². The number of rotatable bonds is 12. The molecule has 1 aliphatic carbocycles. The Morgan fingerprint density at radius 3 is 2.43 bits per heavy atom. The van der Waals surface area contributed by atoms with Gasteiger partial charge in [0.2, 0.25) is 5.95 Å². The van der Waals surface area contributed by atoms with Crippen molar-refractivity contribution < 1.29 is 9.47 Å². The van der Waals surface area contributed by atoms with Crippen LogP contribution in [0.3, 0.4) is 0 Å². The number of benzene rings is 2. The maximum absolute atomic E-state index is 5.84. The van der Waals surface area contributed by atoms with Crippen molar-refractivity contribution in [3.63, 3.8) is 0 Å². The van der Waals surface area contributed by atoms with E-state index < -0.39 is 0 Å². The molecule has 4 rings (SSSR count). The molecule has 37 heavy (non-hydrogen) atoms. The third kappa shape index (κ3) is 7.71. The number of ether oxygens (including phenoxy) is 2. The van der Waals surface area contributed by atoms with E-state index >= 15 is 0 Å². The number of nitrogens with one attached hydrogen (secondary N) is 2. The summed E-state index contributed by atoms with van der Waals surface area (Å²) in [5, 5.41) is 8.33. The molecule has 3 aromatic rings. The third-order valence-electron chi connectivity index (χ3n) is 6.88. The van der Waals surface area contributed by atoms with Crippen LogP contribution in [-0.4, -0.2) is 49.9 Å². The number of anilines is 2. The van der Waals surface area contributed by atoms with E-state index in [0.29, 0.717) is 19.3 Å². The summed E-state index contributed by atoms with van der Waals surface area (Å²) < 4.78 is 11.5. The van der Waals surface area contributed by atoms with Gasteiger partial charge in [0.05, 0.1) is 18.7 Å². The van der Waals surface area contributed by atoms with Crippen LogP contribution in [0.1, 0.15) is 58.9 Å². The van der Waals surface area contributed by atoms with Crippen LogP contribution in [0, 0.1) is 5.92 Å². The molecule has 2 N–H and O–H groups in total. The molecule has 7 nitrogen and oxygen atoms in total. The summed E-state index contributed by atoms with van der Waals surface area (Å²) in [4.78, 5) is 11.7. The second-order valence-electron chi connectivity index (χ2n) is 9.75. The first-order valence-corrected chi connectivity index (χ1v) is 13.4. The maximum atomic E-state index is 5.84. The molecule has 1 heterocycles. The maximum Gasteiger partial charge on any atom is 0.225 e. The number of nitrogens with zero attached hydrogens (tertiary/aromatic N) is 3. The molecule has 1 saturated carbocycles. The first-order valence-electron chi connectivity index (χ1n) is 13.4. The van der Waals surface area contributed by atoms with Crippen LogP contribution < -0.4 is 25.0 Å². The second-order valence-corrected chi connectivity index (χ2v) is 9.75. The molecule has 2 aromatic carbocycles. The molecule has 0 aliphatic heterocycles. The van der Waals surface area contributed by atoms with Gasteiger partial charge in [-0.25, -0.2) is 4.98 Å². The quantitative estimate of drug-likeness (QED) is 0.280. The molecular formula is C30H45N5O2. The van der Waals surface area contributed by atoms with Gasteiger partial charge in [0, 0.05) is 43.7 Å². The van der Waals surface area contributed by atoms with Gasteiger partial charge in [-0.05, 0) is 76.6 Å². The van der Waals surface area contributed by atoms with Crippen molar-refractivity contribution >= 4 is 22.7 Å². The van der Waals surface area contributed by atoms with Gasteiger partial charge < -0.3 is 25.0 Å². The van der Waals surface area contributed by atoms with Gasteiger partial charge in [-0.15, -0.1) is 0 Å². The number of hydrogen-bond donors (Lipinski definition) is 2. The largest absolute Gasteiger partial charge is 0.494 e. The number of aromatic nitrogens is 2. The minimum absolute atomic E-state index is 0. The summed E-state index contributed by atoms with van der Waals surface area (Å²) in [6.45, 7) is 7.15. The summed E-state index contributed by atoms with van der Waals surface area (Å²) in [6.07, 6.45) is 5.99. The third-order valence-corrected chi connectivity index (χ3v) is 6.88. The zero-order chi connectivity index (χ0) is 25.3. The van der Waals surface area contributed by atoms with Crippen molar-refractivity contribution in [2.24, 2.45) is 5.92 Å². The highest BCUT2D eigenvalue weighted by atomic mass is 16.5. The molecule has 0 saturated heterocycles. The monoisotopic (exact) mass is 507 g/mol. The fourth-order valence-electron chi connectivity index (χ4n) is 5.00. The van der Waals surface area contributed by atoms with E-state index in [-0.39, 0.29) is 7.43 Å². The summed E-state index contributed by atoms with van der Waals surface area (Å²) >= 11 is 0. The lowest BCUT2D eigenvalue weighted by atomic mass is 9.84. The average Bonchev–Trinajstić information content (AvgIpc) is 2.88. The Kier molecular flexibility index (Phi) is 10.8. The van der Waals surface area contributed by atoms with Crippen LogP contribution in [0.25, 0.3) is 10.9 Å². The van der Waals surface area contributed by atoms with E-state index in [2.05, 4.69) is 33.7 Å². The SMILES string of the molecule is C.CCOc1ccc(CNCCC2CCC(Nc3nc(N(C)C)c4ccccc4n3)CC2)c(OCC)c1. The molecule has 0 bridgehead atoms. The van der Waals surface area contributed by atoms with Gasteiger partial charge in [-0.3, -0.25) is 0 Å². The highest BCUT2D eigenvalue weighted by molar-refractivity contribution is 5.90. The standard InChI is InChI=1S/C29H41N5O2.CH4/c1-5-35-24-16-13-22(27(19-24)36-6-2)20-30-18-17-21-11-14-23(15-12-21)31-29-32-26-10-8-7-9-25(26)28(33-29)34(3)4;/h7-10,13,16,19,21,23,30H,5-6,11-12,14-15,17-18,20H2,1-4H3,(H,31,32,33);1H4. The van der Waals surface area contributed by atoms with Gasteiger partial charge in [-0.1, -0.05) is 25.6 Å². The summed E-state index contributed by atoms with van der Waals surface area (Å²) in [5.74, 6) is 4.24. The van der Waals surface area contributed by atoms with Crippen LogP contribution in [0.15, 0.2) is 42.5 Å². The van der Waals surface area contributed by atoms with E-state index in [4.69, 9.17) is 19.4 Å². The smallest absolute Gasteiger partial charge is 0.225 e. The Morgan fingerprint density at radius 2 is 1.70 bits per heavy atom. The molecule has 1 aromatic heterocycles. The number of hydrogen-bond acceptors (Lipinski definition) is 7.